The van der Waals surface area contributed by atoms with Gasteiger partial charge in [-0.1, -0.05) is 48.5 Å². The summed E-state index contributed by atoms with van der Waals surface area (Å²) >= 11 is 5.82. The van der Waals surface area contributed by atoms with E-state index in [9.17, 15) is 9.59 Å². The highest BCUT2D eigenvalue weighted by Crippen LogP contribution is 2.44. The second kappa shape index (κ2) is 7.38. The third kappa shape index (κ3) is 3.68. The molecule has 0 unspecified atom stereocenters. The molecule has 6 heteroatoms. The summed E-state index contributed by atoms with van der Waals surface area (Å²) < 4.78 is 5.42. The van der Waals surface area contributed by atoms with Crippen molar-refractivity contribution in [1.82, 2.24) is 5.32 Å². The highest BCUT2D eigenvalue weighted by Gasteiger charge is 2.32. The minimum Gasteiger partial charge on any atom is -0.481 e. The third-order valence-electron chi connectivity index (χ3n) is 4.58. The summed E-state index contributed by atoms with van der Waals surface area (Å²) in [5.74, 6) is -1.11. The lowest BCUT2D eigenvalue weighted by Crippen LogP contribution is -2.49. The fraction of sp³-hybridized carbons (Fsp3) is 0.300. The zero-order valence-electron chi connectivity index (χ0n) is 14.4. The van der Waals surface area contributed by atoms with E-state index in [1.54, 1.807) is 6.92 Å². The van der Waals surface area contributed by atoms with Crippen LogP contribution in [0.4, 0.5) is 4.79 Å². The topological polar surface area (TPSA) is 75.6 Å². The standard InChI is InChI=1S/C20H20ClNO4/c1-20(12-21,10-18(23)24)22-19(25)26-11-17-15-8-4-2-6-13(15)14-7-3-5-9-16(14)17/h2-9,17H,10-12H2,1H3,(H,22,25)(H,23,24)/t20-/m1/s1. The first kappa shape index (κ1) is 18.3. The van der Waals surface area contributed by atoms with E-state index in [-0.39, 0.29) is 24.8 Å². The van der Waals surface area contributed by atoms with Gasteiger partial charge in [0.05, 0.1) is 12.0 Å². The molecule has 1 aliphatic rings. The zero-order chi connectivity index (χ0) is 18.7. The summed E-state index contributed by atoms with van der Waals surface area (Å²) in [6, 6.07) is 16.1. The Morgan fingerprint density at radius 1 is 1.12 bits per heavy atom. The maximum Gasteiger partial charge on any atom is 0.407 e. The van der Waals surface area contributed by atoms with Crippen LogP contribution in [0.1, 0.15) is 30.4 Å². The summed E-state index contributed by atoms with van der Waals surface area (Å²) in [5, 5.41) is 11.5. The van der Waals surface area contributed by atoms with Crippen molar-refractivity contribution < 1.29 is 19.4 Å². The van der Waals surface area contributed by atoms with Crippen LogP contribution in [0, 0.1) is 0 Å². The Hall–Kier alpha value is -2.53. The summed E-state index contributed by atoms with van der Waals surface area (Å²) in [6.45, 7) is 1.75. The Labute approximate surface area is 156 Å². The van der Waals surface area contributed by atoms with Crippen LogP contribution in [-0.4, -0.2) is 35.2 Å². The number of alkyl carbamates (subject to hydrolysis) is 1. The molecule has 3 rings (SSSR count). The highest BCUT2D eigenvalue weighted by atomic mass is 35.5. The van der Waals surface area contributed by atoms with Crippen LogP contribution in [0.5, 0.6) is 0 Å². The number of halogens is 1. The molecule has 0 radical (unpaired) electrons. The number of hydrogen-bond acceptors (Lipinski definition) is 3. The van der Waals surface area contributed by atoms with Gasteiger partial charge in [0.1, 0.15) is 6.61 Å². The molecule has 0 aliphatic heterocycles. The van der Waals surface area contributed by atoms with E-state index in [0.29, 0.717) is 0 Å². The van der Waals surface area contributed by atoms with Gasteiger partial charge in [-0.2, -0.15) is 0 Å². The first-order valence-corrected chi connectivity index (χ1v) is 8.88. The average Bonchev–Trinajstić information content (AvgIpc) is 2.93. The summed E-state index contributed by atoms with van der Waals surface area (Å²) in [7, 11) is 0. The number of amides is 1. The van der Waals surface area contributed by atoms with Gasteiger partial charge in [-0.15, -0.1) is 11.6 Å². The number of carbonyl (C=O) groups is 2. The first-order chi connectivity index (χ1) is 12.4. The number of fused-ring (bicyclic) bond motifs is 3. The minimum atomic E-state index is -1.06. The smallest absolute Gasteiger partial charge is 0.407 e. The summed E-state index contributed by atoms with van der Waals surface area (Å²) in [5.41, 5.74) is 3.47. The normalized spacial score (nSPS) is 14.8. The predicted molar refractivity (Wildman–Crippen MR) is 99.6 cm³/mol. The van der Waals surface area contributed by atoms with Gasteiger partial charge in [0.25, 0.3) is 0 Å². The number of nitrogens with one attached hydrogen (secondary N) is 1. The zero-order valence-corrected chi connectivity index (χ0v) is 15.1. The lowest BCUT2D eigenvalue weighted by Gasteiger charge is -2.26. The van der Waals surface area contributed by atoms with Gasteiger partial charge in [0, 0.05) is 11.8 Å². The summed E-state index contributed by atoms with van der Waals surface area (Å²) in [4.78, 5) is 23.1. The number of carbonyl (C=O) groups excluding carboxylic acids is 1. The molecule has 0 spiro atoms. The largest absolute Gasteiger partial charge is 0.481 e. The molecule has 136 valence electrons. The number of ether oxygens (including phenoxy) is 1. The van der Waals surface area contributed by atoms with Crippen molar-refractivity contribution in [1.29, 1.82) is 0 Å². The monoisotopic (exact) mass is 373 g/mol. The number of aliphatic carboxylic acids is 1. The van der Waals surface area contributed by atoms with E-state index >= 15 is 0 Å². The number of rotatable bonds is 6. The van der Waals surface area contributed by atoms with Crippen LogP contribution < -0.4 is 5.32 Å². The van der Waals surface area contributed by atoms with E-state index in [1.165, 1.54) is 0 Å². The van der Waals surface area contributed by atoms with Gasteiger partial charge >= 0.3 is 12.1 Å². The fourth-order valence-corrected chi connectivity index (χ4v) is 3.50. The number of carboxylic acids is 1. The molecule has 1 amide bonds. The third-order valence-corrected chi connectivity index (χ3v) is 5.17. The van der Waals surface area contributed by atoms with Gasteiger partial charge in [0.2, 0.25) is 0 Å². The van der Waals surface area contributed by atoms with Gasteiger partial charge in [0.15, 0.2) is 0 Å². The molecule has 0 saturated heterocycles. The number of benzene rings is 2. The molecule has 0 heterocycles. The van der Waals surface area contributed by atoms with E-state index < -0.39 is 17.6 Å². The number of alkyl halides is 1. The molecule has 2 aromatic rings. The SMILES string of the molecule is C[C@](CCl)(CC(=O)O)NC(=O)OCC1c2ccccc2-c2ccccc21. The van der Waals surface area contributed by atoms with E-state index in [2.05, 4.69) is 17.4 Å². The van der Waals surface area contributed by atoms with Crippen LogP contribution in [0.25, 0.3) is 11.1 Å². The molecule has 2 N–H and O–H groups in total. The highest BCUT2D eigenvalue weighted by molar-refractivity contribution is 6.19. The molecule has 0 aromatic heterocycles. The average molecular weight is 374 g/mol. The van der Waals surface area contributed by atoms with Gasteiger partial charge in [-0.05, 0) is 29.2 Å². The van der Waals surface area contributed by atoms with Crippen LogP contribution >= 0.6 is 11.6 Å². The van der Waals surface area contributed by atoms with Crippen molar-refractivity contribution in [2.24, 2.45) is 0 Å². The lowest BCUT2D eigenvalue weighted by molar-refractivity contribution is -0.138. The molecule has 1 atom stereocenters. The summed E-state index contributed by atoms with van der Waals surface area (Å²) in [6.07, 6.45) is -0.947. The van der Waals surface area contributed by atoms with Crippen LogP contribution in [0.15, 0.2) is 48.5 Å². The molecule has 1 aliphatic carbocycles. The van der Waals surface area contributed by atoms with E-state index in [0.717, 1.165) is 22.3 Å². The maximum absolute atomic E-state index is 12.2. The van der Waals surface area contributed by atoms with Crippen molar-refractivity contribution in [2.75, 3.05) is 12.5 Å². The fourth-order valence-electron chi connectivity index (χ4n) is 3.34. The quantitative estimate of drug-likeness (QED) is 0.750. The molecule has 26 heavy (non-hydrogen) atoms. The van der Waals surface area contributed by atoms with Gasteiger partial charge in [-0.25, -0.2) is 4.79 Å². The Bertz CT molecular complexity index is 793. The Balaban J connectivity index is 1.72. The molecular formula is C20H20ClNO4. The second-order valence-electron chi connectivity index (χ2n) is 6.72. The Kier molecular flexibility index (Phi) is 5.18. The molecule has 0 fully saturated rings. The second-order valence-corrected chi connectivity index (χ2v) is 6.98. The number of hydrogen-bond donors (Lipinski definition) is 2. The molecule has 5 nitrogen and oxygen atoms in total. The molecule has 0 saturated carbocycles. The van der Waals surface area contributed by atoms with Crippen molar-refractivity contribution in [2.45, 2.75) is 24.8 Å². The first-order valence-electron chi connectivity index (χ1n) is 8.34. The van der Waals surface area contributed by atoms with Crippen molar-refractivity contribution >= 4 is 23.7 Å². The molecule has 0 bridgehead atoms. The Morgan fingerprint density at radius 3 is 2.15 bits per heavy atom. The maximum atomic E-state index is 12.2. The Morgan fingerprint density at radius 2 is 1.65 bits per heavy atom. The van der Waals surface area contributed by atoms with Crippen molar-refractivity contribution in [3.05, 3.63) is 59.7 Å². The van der Waals surface area contributed by atoms with Gasteiger partial charge in [-0.3, -0.25) is 4.79 Å². The predicted octanol–water partition coefficient (Wildman–Crippen LogP) is 4.00. The van der Waals surface area contributed by atoms with E-state index in [4.69, 9.17) is 21.4 Å². The van der Waals surface area contributed by atoms with Crippen LogP contribution in [0.3, 0.4) is 0 Å². The molecular weight excluding hydrogens is 354 g/mol. The van der Waals surface area contributed by atoms with Crippen molar-refractivity contribution in [3.63, 3.8) is 0 Å². The van der Waals surface area contributed by atoms with Crippen LogP contribution in [0.2, 0.25) is 0 Å². The van der Waals surface area contributed by atoms with E-state index in [1.807, 2.05) is 36.4 Å². The van der Waals surface area contributed by atoms with Crippen LogP contribution in [-0.2, 0) is 9.53 Å². The minimum absolute atomic E-state index is 0.0243. The van der Waals surface area contributed by atoms with Gasteiger partial charge < -0.3 is 15.2 Å². The van der Waals surface area contributed by atoms with Crippen molar-refractivity contribution in [3.8, 4) is 11.1 Å². The molecule has 2 aromatic carbocycles. The number of carboxylic acid groups (broad SMARTS) is 1. The lowest BCUT2D eigenvalue weighted by atomic mass is 9.98.